The number of rotatable bonds is 9. The molecule has 0 unspecified atom stereocenters. The molecule has 1 N–H and O–H groups in total. The Labute approximate surface area is 191 Å². The average Bonchev–Trinajstić information content (AvgIpc) is 3.35. The summed E-state index contributed by atoms with van der Waals surface area (Å²) >= 11 is 0. The molecule has 2 aromatic heterocycles. The highest BCUT2D eigenvalue weighted by molar-refractivity contribution is 5.91. The lowest BCUT2D eigenvalue weighted by Gasteiger charge is -2.08. The Kier molecular flexibility index (Phi) is 6.98. The van der Waals surface area contributed by atoms with Gasteiger partial charge in [-0.05, 0) is 60.2 Å². The zero-order chi connectivity index (χ0) is 22.9. The second-order valence-corrected chi connectivity index (χ2v) is 7.17. The standard InChI is InChI=1S/C26H21N3O4/c27-14-19-3-7-23(8-4-19)32-18-24-11-12-25(33-24)26(30)29-16-20-5-9-22(10-6-20)31-17-21-2-1-13-28-15-21/h1-13,15H,16-18H2,(H,29,30). The zero-order valence-corrected chi connectivity index (χ0v) is 17.7. The number of carbonyl (C=O) groups is 1. The van der Waals surface area contributed by atoms with Crippen LogP contribution in [0.5, 0.6) is 11.5 Å². The lowest BCUT2D eigenvalue weighted by molar-refractivity contribution is 0.0919. The zero-order valence-electron chi connectivity index (χ0n) is 17.7. The first kappa shape index (κ1) is 21.7. The molecule has 0 saturated heterocycles. The number of hydrogen-bond donors (Lipinski definition) is 1. The summed E-state index contributed by atoms with van der Waals surface area (Å²) in [6.45, 7) is 0.985. The maximum absolute atomic E-state index is 12.4. The predicted octanol–water partition coefficient (Wildman–Crippen LogP) is 4.63. The van der Waals surface area contributed by atoms with E-state index in [1.54, 1.807) is 48.8 Å². The van der Waals surface area contributed by atoms with Gasteiger partial charge in [-0.3, -0.25) is 9.78 Å². The fourth-order valence-electron chi connectivity index (χ4n) is 2.98. The van der Waals surface area contributed by atoms with Crippen molar-refractivity contribution in [3.63, 3.8) is 0 Å². The summed E-state index contributed by atoms with van der Waals surface area (Å²) < 4.78 is 16.9. The maximum atomic E-state index is 12.4. The van der Waals surface area contributed by atoms with Gasteiger partial charge in [0.2, 0.25) is 0 Å². The van der Waals surface area contributed by atoms with E-state index in [9.17, 15) is 4.79 Å². The van der Waals surface area contributed by atoms with Crippen molar-refractivity contribution in [1.82, 2.24) is 10.3 Å². The third-order valence-electron chi connectivity index (χ3n) is 4.75. The Morgan fingerprint density at radius 2 is 1.64 bits per heavy atom. The van der Waals surface area contributed by atoms with Crippen LogP contribution in [0.1, 0.15) is 33.0 Å². The minimum absolute atomic E-state index is 0.180. The Hall–Kier alpha value is -4.57. The normalized spacial score (nSPS) is 10.3. The van der Waals surface area contributed by atoms with E-state index in [4.69, 9.17) is 19.2 Å². The van der Waals surface area contributed by atoms with Crippen molar-refractivity contribution < 1.29 is 18.7 Å². The Morgan fingerprint density at radius 3 is 2.33 bits per heavy atom. The van der Waals surface area contributed by atoms with Crippen LogP contribution in [-0.4, -0.2) is 10.9 Å². The summed E-state index contributed by atoms with van der Waals surface area (Å²) in [6, 6.07) is 23.5. The predicted molar refractivity (Wildman–Crippen MR) is 120 cm³/mol. The number of benzene rings is 2. The first-order chi connectivity index (χ1) is 16.2. The molecule has 0 radical (unpaired) electrons. The quantitative estimate of drug-likeness (QED) is 0.408. The number of hydrogen-bond acceptors (Lipinski definition) is 6. The van der Waals surface area contributed by atoms with Gasteiger partial charge in [0.25, 0.3) is 5.91 Å². The molecule has 0 aliphatic carbocycles. The molecule has 0 aliphatic heterocycles. The minimum atomic E-state index is -0.309. The number of aromatic nitrogens is 1. The highest BCUT2D eigenvalue weighted by atomic mass is 16.5. The number of amides is 1. The van der Waals surface area contributed by atoms with Gasteiger partial charge in [-0.25, -0.2) is 0 Å². The summed E-state index contributed by atoms with van der Waals surface area (Å²) in [7, 11) is 0. The Morgan fingerprint density at radius 1 is 0.909 bits per heavy atom. The summed E-state index contributed by atoms with van der Waals surface area (Å²) in [5.74, 6) is 1.79. The van der Waals surface area contributed by atoms with Crippen LogP contribution < -0.4 is 14.8 Å². The van der Waals surface area contributed by atoms with Gasteiger partial charge < -0.3 is 19.2 Å². The molecule has 0 bridgehead atoms. The van der Waals surface area contributed by atoms with Crippen molar-refractivity contribution in [3.05, 3.63) is 113 Å². The number of nitriles is 1. The lowest BCUT2D eigenvalue weighted by Crippen LogP contribution is -2.22. The van der Waals surface area contributed by atoms with E-state index in [-0.39, 0.29) is 18.3 Å². The van der Waals surface area contributed by atoms with Crippen molar-refractivity contribution in [2.75, 3.05) is 0 Å². The molecular weight excluding hydrogens is 418 g/mol. The van der Waals surface area contributed by atoms with E-state index in [2.05, 4.69) is 16.4 Å². The third-order valence-corrected chi connectivity index (χ3v) is 4.75. The first-order valence-corrected chi connectivity index (χ1v) is 10.3. The lowest BCUT2D eigenvalue weighted by atomic mass is 10.2. The number of carbonyl (C=O) groups excluding carboxylic acids is 1. The number of ether oxygens (including phenoxy) is 2. The van der Waals surface area contributed by atoms with E-state index in [1.165, 1.54) is 0 Å². The van der Waals surface area contributed by atoms with Gasteiger partial charge in [0.1, 0.15) is 30.5 Å². The summed E-state index contributed by atoms with van der Waals surface area (Å²) in [5, 5.41) is 11.7. The minimum Gasteiger partial charge on any atom is -0.489 e. The smallest absolute Gasteiger partial charge is 0.287 e. The molecule has 4 aromatic rings. The average molecular weight is 439 g/mol. The molecule has 0 aliphatic rings. The molecule has 1 amide bonds. The second-order valence-electron chi connectivity index (χ2n) is 7.17. The monoisotopic (exact) mass is 439 g/mol. The number of furan rings is 1. The van der Waals surface area contributed by atoms with Gasteiger partial charge in [-0.1, -0.05) is 18.2 Å². The molecule has 4 rings (SSSR count). The largest absolute Gasteiger partial charge is 0.489 e. The molecule has 2 heterocycles. The van der Waals surface area contributed by atoms with Crippen LogP contribution in [0.3, 0.4) is 0 Å². The van der Waals surface area contributed by atoms with Gasteiger partial charge in [0, 0.05) is 24.5 Å². The Balaban J connectivity index is 1.23. The first-order valence-electron chi connectivity index (χ1n) is 10.3. The van der Waals surface area contributed by atoms with E-state index >= 15 is 0 Å². The van der Waals surface area contributed by atoms with Gasteiger partial charge in [0.05, 0.1) is 11.6 Å². The van der Waals surface area contributed by atoms with Crippen molar-refractivity contribution in [2.24, 2.45) is 0 Å². The summed E-state index contributed by atoms with van der Waals surface area (Å²) in [6.07, 6.45) is 3.49. The molecule has 7 heteroatoms. The fraction of sp³-hybridized carbons (Fsp3) is 0.115. The number of nitrogens with one attached hydrogen (secondary N) is 1. The molecule has 0 saturated carbocycles. The molecule has 0 atom stereocenters. The van der Waals surface area contributed by atoms with Crippen LogP contribution in [0, 0.1) is 11.3 Å². The molecule has 33 heavy (non-hydrogen) atoms. The van der Waals surface area contributed by atoms with Crippen LogP contribution in [-0.2, 0) is 19.8 Å². The van der Waals surface area contributed by atoms with Crippen LogP contribution in [0.4, 0.5) is 0 Å². The number of nitrogens with zero attached hydrogens (tertiary/aromatic N) is 2. The van der Waals surface area contributed by atoms with Crippen molar-refractivity contribution in [1.29, 1.82) is 5.26 Å². The molecular formula is C26H21N3O4. The highest BCUT2D eigenvalue weighted by Gasteiger charge is 2.11. The van der Waals surface area contributed by atoms with Crippen molar-refractivity contribution in [3.8, 4) is 17.6 Å². The van der Waals surface area contributed by atoms with Gasteiger partial charge in [0.15, 0.2) is 5.76 Å². The van der Waals surface area contributed by atoms with Gasteiger partial charge >= 0.3 is 0 Å². The molecule has 2 aromatic carbocycles. The second kappa shape index (κ2) is 10.6. The van der Waals surface area contributed by atoms with Gasteiger partial charge in [-0.15, -0.1) is 0 Å². The number of pyridine rings is 1. The Bertz CT molecular complexity index is 1230. The molecule has 0 fully saturated rings. The third kappa shape index (κ3) is 6.21. The SMILES string of the molecule is N#Cc1ccc(OCc2ccc(C(=O)NCc3ccc(OCc4cccnc4)cc3)o2)cc1. The van der Waals surface area contributed by atoms with Crippen molar-refractivity contribution in [2.45, 2.75) is 19.8 Å². The highest BCUT2D eigenvalue weighted by Crippen LogP contribution is 2.16. The van der Waals surface area contributed by atoms with Crippen molar-refractivity contribution >= 4 is 5.91 Å². The fourth-order valence-corrected chi connectivity index (χ4v) is 2.98. The summed E-state index contributed by atoms with van der Waals surface area (Å²) in [5.41, 5.74) is 2.49. The van der Waals surface area contributed by atoms with E-state index < -0.39 is 0 Å². The van der Waals surface area contributed by atoms with Gasteiger partial charge in [-0.2, -0.15) is 5.26 Å². The van der Waals surface area contributed by atoms with Crippen LogP contribution >= 0.6 is 0 Å². The topological polar surface area (TPSA) is 97.4 Å². The summed E-state index contributed by atoms with van der Waals surface area (Å²) in [4.78, 5) is 16.5. The van der Waals surface area contributed by atoms with E-state index in [1.807, 2.05) is 36.4 Å². The van der Waals surface area contributed by atoms with E-state index in [0.717, 1.165) is 16.9 Å². The van der Waals surface area contributed by atoms with Crippen LogP contribution in [0.15, 0.2) is 89.6 Å². The van der Waals surface area contributed by atoms with E-state index in [0.29, 0.717) is 30.2 Å². The molecule has 164 valence electrons. The van der Waals surface area contributed by atoms with Crippen LogP contribution in [0.25, 0.3) is 0 Å². The molecule has 7 nitrogen and oxygen atoms in total. The molecule has 0 spiro atoms. The van der Waals surface area contributed by atoms with Crippen LogP contribution in [0.2, 0.25) is 0 Å². The maximum Gasteiger partial charge on any atom is 0.287 e.